The number of benzene rings is 2. The van der Waals surface area contributed by atoms with Gasteiger partial charge < -0.3 is 14.8 Å². The molecule has 2 N–H and O–H groups in total. The summed E-state index contributed by atoms with van der Waals surface area (Å²) >= 11 is 0. The Balaban J connectivity index is 1.74. The standard InChI is InChI=1S/C24H25N7O3/c1-24(2,3)15-9-6-13(7-10-15)21-18-19(14-8-11-16(33-4)17(12-14)34-5)26-27-22(32)20(18)25-23-28-29-30-31(21)23/h6-12,21H,1-5H3,(H,27,32)(H,25,28,30). The van der Waals surface area contributed by atoms with Crippen LogP contribution in [0.1, 0.15) is 43.5 Å². The minimum Gasteiger partial charge on any atom is -0.493 e. The highest BCUT2D eigenvalue weighted by atomic mass is 16.5. The van der Waals surface area contributed by atoms with Crippen LogP contribution >= 0.6 is 0 Å². The molecule has 5 rings (SSSR count). The van der Waals surface area contributed by atoms with Crippen molar-refractivity contribution in [2.24, 2.45) is 0 Å². The maximum Gasteiger partial charge on any atom is 0.288 e. The highest BCUT2D eigenvalue weighted by Gasteiger charge is 2.34. The van der Waals surface area contributed by atoms with Gasteiger partial charge in [-0.1, -0.05) is 50.1 Å². The van der Waals surface area contributed by atoms with Gasteiger partial charge in [0, 0.05) is 11.1 Å². The van der Waals surface area contributed by atoms with Crippen molar-refractivity contribution < 1.29 is 9.47 Å². The number of hydrogen-bond donors (Lipinski definition) is 2. The van der Waals surface area contributed by atoms with Crippen LogP contribution in [0.4, 0.5) is 11.6 Å². The molecule has 1 aliphatic rings. The van der Waals surface area contributed by atoms with E-state index in [4.69, 9.17) is 9.47 Å². The van der Waals surface area contributed by atoms with Crippen molar-refractivity contribution in [2.75, 3.05) is 19.5 Å². The minimum absolute atomic E-state index is 0.00798. The smallest absolute Gasteiger partial charge is 0.288 e. The van der Waals surface area contributed by atoms with Crippen molar-refractivity contribution in [3.05, 3.63) is 69.5 Å². The number of nitrogens with zero attached hydrogens (tertiary/aromatic N) is 5. The van der Waals surface area contributed by atoms with E-state index < -0.39 is 6.04 Å². The molecule has 0 saturated carbocycles. The van der Waals surface area contributed by atoms with Crippen molar-refractivity contribution in [3.8, 4) is 22.8 Å². The number of methoxy groups -OCH3 is 2. The highest BCUT2D eigenvalue weighted by molar-refractivity contribution is 5.76. The molecule has 174 valence electrons. The summed E-state index contributed by atoms with van der Waals surface area (Å²) in [5.74, 6) is 1.53. The van der Waals surface area contributed by atoms with Crippen molar-refractivity contribution in [3.63, 3.8) is 0 Å². The topological polar surface area (TPSA) is 120 Å². The van der Waals surface area contributed by atoms with E-state index in [-0.39, 0.29) is 11.0 Å². The Morgan fingerprint density at radius 3 is 2.41 bits per heavy atom. The first-order valence-corrected chi connectivity index (χ1v) is 10.8. The molecule has 4 aromatic rings. The van der Waals surface area contributed by atoms with Crippen LogP contribution in [0.5, 0.6) is 11.5 Å². The van der Waals surface area contributed by atoms with Gasteiger partial charge in [-0.15, -0.1) is 0 Å². The number of hydrogen-bond acceptors (Lipinski definition) is 8. The second-order valence-electron chi connectivity index (χ2n) is 9.11. The zero-order chi connectivity index (χ0) is 24.0. The number of fused-ring (bicyclic) bond motifs is 2. The van der Waals surface area contributed by atoms with E-state index in [0.717, 1.165) is 11.1 Å². The summed E-state index contributed by atoms with van der Waals surface area (Å²) in [6, 6.07) is 13.3. The van der Waals surface area contributed by atoms with Gasteiger partial charge in [0.2, 0.25) is 5.95 Å². The van der Waals surface area contributed by atoms with Gasteiger partial charge in [-0.25, -0.2) is 5.10 Å². The minimum atomic E-state index is -0.465. The second kappa shape index (κ2) is 7.98. The molecule has 1 aliphatic heterocycles. The quantitative estimate of drug-likeness (QED) is 0.419. The first-order valence-electron chi connectivity index (χ1n) is 10.8. The summed E-state index contributed by atoms with van der Waals surface area (Å²) in [7, 11) is 3.16. The van der Waals surface area contributed by atoms with Gasteiger partial charge in [0.05, 0.1) is 19.9 Å². The number of H-pyrrole nitrogens is 1. The summed E-state index contributed by atoms with van der Waals surface area (Å²) in [5.41, 5.74) is 4.13. The summed E-state index contributed by atoms with van der Waals surface area (Å²) in [5, 5.41) is 22.2. The van der Waals surface area contributed by atoms with Crippen LogP contribution in [0.2, 0.25) is 0 Å². The molecule has 0 aliphatic carbocycles. The molecule has 0 amide bonds. The fourth-order valence-electron chi connectivity index (χ4n) is 4.21. The molecule has 0 bridgehead atoms. The predicted molar refractivity (Wildman–Crippen MR) is 127 cm³/mol. The number of aromatic amines is 1. The monoisotopic (exact) mass is 459 g/mol. The molecule has 1 unspecified atom stereocenters. The second-order valence-corrected chi connectivity index (χ2v) is 9.11. The molecule has 34 heavy (non-hydrogen) atoms. The maximum atomic E-state index is 12.9. The van der Waals surface area contributed by atoms with Crippen LogP contribution in [0.25, 0.3) is 11.3 Å². The number of anilines is 2. The number of rotatable bonds is 4. The normalized spacial score (nSPS) is 14.7. The van der Waals surface area contributed by atoms with Gasteiger partial charge in [0.25, 0.3) is 5.56 Å². The summed E-state index contributed by atoms with van der Waals surface area (Å²) in [6.45, 7) is 6.50. The molecule has 0 saturated heterocycles. The third-order valence-electron chi connectivity index (χ3n) is 6.02. The van der Waals surface area contributed by atoms with Gasteiger partial charge in [0.1, 0.15) is 11.7 Å². The van der Waals surface area contributed by atoms with Crippen molar-refractivity contribution in [1.82, 2.24) is 30.4 Å². The summed E-state index contributed by atoms with van der Waals surface area (Å²) in [4.78, 5) is 12.9. The van der Waals surface area contributed by atoms with Crippen LogP contribution in [0.15, 0.2) is 47.3 Å². The maximum absolute atomic E-state index is 12.9. The Hall–Kier alpha value is -4.21. The van der Waals surface area contributed by atoms with Crippen molar-refractivity contribution in [1.29, 1.82) is 0 Å². The molecule has 0 radical (unpaired) electrons. The SMILES string of the molecule is COc1ccc(-c2n[nH]c(=O)c3c2C(c2ccc(C(C)(C)C)cc2)n2nnnc2N3)cc1OC. The number of nitrogens with one attached hydrogen (secondary N) is 2. The van der Waals surface area contributed by atoms with E-state index in [2.05, 4.69) is 63.9 Å². The lowest BCUT2D eigenvalue weighted by molar-refractivity contribution is 0.355. The van der Waals surface area contributed by atoms with E-state index in [1.807, 2.05) is 24.3 Å². The Morgan fingerprint density at radius 1 is 1.00 bits per heavy atom. The zero-order valence-electron chi connectivity index (χ0n) is 19.6. The fourth-order valence-corrected chi connectivity index (χ4v) is 4.21. The first-order chi connectivity index (χ1) is 16.3. The molecular formula is C24H25N7O3. The third kappa shape index (κ3) is 3.47. The summed E-state index contributed by atoms with van der Waals surface area (Å²) in [6.07, 6.45) is 0. The van der Waals surface area contributed by atoms with Gasteiger partial charge in [-0.05, 0) is 45.2 Å². The molecule has 3 heterocycles. The molecule has 2 aromatic heterocycles. The van der Waals surface area contributed by atoms with E-state index >= 15 is 0 Å². The summed E-state index contributed by atoms with van der Waals surface area (Å²) < 4.78 is 12.5. The lowest BCUT2D eigenvalue weighted by Gasteiger charge is -2.28. The van der Waals surface area contributed by atoms with E-state index in [1.54, 1.807) is 25.0 Å². The van der Waals surface area contributed by atoms with E-state index in [9.17, 15) is 4.79 Å². The zero-order valence-corrected chi connectivity index (χ0v) is 19.6. The molecule has 0 spiro atoms. The fraction of sp³-hybridized carbons (Fsp3) is 0.292. The molecule has 10 heteroatoms. The Morgan fingerprint density at radius 2 is 1.74 bits per heavy atom. The third-order valence-corrected chi connectivity index (χ3v) is 6.02. The Labute approximate surface area is 195 Å². The van der Waals surface area contributed by atoms with E-state index in [1.165, 1.54) is 5.56 Å². The van der Waals surface area contributed by atoms with Crippen LogP contribution in [0.3, 0.4) is 0 Å². The largest absolute Gasteiger partial charge is 0.493 e. The average molecular weight is 460 g/mol. The van der Waals surface area contributed by atoms with E-state index in [0.29, 0.717) is 34.4 Å². The van der Waals surface area contributed by atoms with Gasteiger partial charge in [-0.3, -0.25) is 4.79 Å². The van der Waals surface area contributed by atoms with Crippen LogP contribution in [-0.4, -0.2) is 44.6 Å². The predicted octanol–water partition coefficient (Wildman–Crippen LogP) is 3.43. The molecule has 1 atom stereocenters. The lowest BCUT2D eigenvalue weighted by Crippen LogP contribution is -2.29. The molecule has 2 aromatic carbocycles. The average Bonchev–Trinajstić information content (AvgIpc) is 3.31. The highest BCUT2D eigenvalue weighted by Crippen LogP contribution is 2.42. The lowest BCUT2D eigenvalue weighted by atomic mass is 9.85. The molecule has 10 nitrogen and oxygen atoms in total. The van der Waals surface area contributed by atoms with Crippen molar-refractivity contribution in [2.45, 2.75) is 32.2 Å². The van der Waals surface area contributed by atoms with Gasteiger partial charge >= 0.3 is 0 Å². The first kappa shape index (κ1) is 21.6. The van der Waals surface area contributed by atoms with Crippen LogP contribution in [-0.2, 0) is 5.41 Å². The van der Waals surface area contributed by atoms with Crippen LogP contribution in [0, 0.1) is 0 Å². The van der Waals surface area contributed by atoms with Gasteiger partial charge in [0.15, 0.2) is 11.5 Å². The Bertz CT molecular complexity index is 1420. The number of aromatic nitrogens is 6. The Kier molecular flexibility index (Phi) is 5.07. The molecule has 0 fully saturated rings. The number of tetrazole rings is 1. The number of ether oxygens (including phenoxy) is 2. The molecular weight excluding hydrogens is 434 g/mol. The van der Waals surface area contributed by atoms with Gasteiger partial charge in [-0.2, -0.15) is 9.78 Å². The van der Waals surface area contributed by atoms with Crippen molar-refractivity contribution >= 4 is 11.6 Å². The van der Waals surface area contributed by atoms with Crippen LogP contribution < -0.4 is 20.3 Å².